The molecule has 0 fully saturated rings. The first kappa shape index (κ1) is 30.9. The van der Waals surface area contributed by atoms with Gasteiger partial charge < -0.3 is 18.9 Å². The van der Waals surface area contributed by atoms with Crippen LogP contribution in [0.25, 0.3) is 11.8 Å². The van der Waals surface area contributed by atoms with Crippen molar-refractivity contribution < 1.29 is 23.7 Å². The molecule has 3 aromatic rings. The Labute approximate surface area is 262 Å². The third kappa shape index (κ3) is 7.71. The molecule has 0 unspecified atom stereocenters. The lowest BCUT2D eigenvalue weighted by Gasteiger charge is -2.27. The second-order valence-corrected chi connectivity index (χ2v) is 11.0. The van der Waals surface area contributed by atoms with E-state index in [1.165, 1.54) is 31.0 Å². The van der Waals surface area contributed by atoms with Crippen LogP contribution in [0.1, 0.15) is 50.7 Å². The molecule has 0 saturated carbocycles. The summed E-state index contributed by atoms with van der Waals surface area (Å²) < 4.78 is 23.5. The quantitative estimate of drug-likeness (QED) is 0.138. The van der Waals surface area contributed by atoms with Crippen LogP contribution in [-0.4, -0.2) is 48.2 Å². The predicted molar refractivity (Wildman–Crippen MR) is 177 cm³/mol. The number of ether oxygens (including phenoxy) is 4. The Kier molecular flexibility index (Phi) is 10.8. The molecular formula is C35H37N3O5S. The van der Waals surface area contributed by atoms with Crippen molar-refractivity contribution >= 4 is 40.4 Å². The van der Waals surface area contributed by atoms with Crippen LogP contribution in [0.4, 0.5) is 0 Å². The molecule has 2 aliphatic rings. The number of carbonyl (C=O) groups is 1. The predicted octanol–water partition coefficient (Wildman–Crippen LogP) is 7.81. The largest absolute Gasteiger partial charge is 0.494 e. The van der Waals surface area contributed by atoms with E-state index in [2.05, 4.69) is 11.9 Å². The maximum atomic E-state index is 12.9. The highest BCUT2D eigenvalue weighted by atomic mass is 32.2. The normalized spacial score (nSPS) is 15.1. The van der Waals surface area contributed by atoms with Gasteiger partial charge >= 0.3 is 0 Å². The first-order valence-electron chi connectivity index (χ1n) is 15.0. The Hall–Kier alpha value is -4.50. The molecule has 2 heterocycles. The molecule has 8 nitrogen and oxygen atoms in total. The van der Waals surface area contributed by atoms with E-state index in [9.17, 15) is 4.79 Å². The summed E-state index contributed by atoms with van der Waals surface area (Å²) in [6, 6.07) is 22.8. The number of aliphatic imine (C=N–C) groups is 1. The van der Waals surface area contributed by atoms with Gasteiger partial charge in [-0.2, -0.15) is 4.99 Å². The SMILES string of the molecule is CCCCCCOc1ccc(OCCOc2ccc(/C=C3/C(=N)N4C(c5ccccc5)=CSC4=NC3=O)cc2OCC)cc1. The van der Waals surface area contributed by atoms with Crippen LogP contribution in [0.3, 0.4) is 0 Å². The molecule has 44 heavy (non-hydrogen) atoms. The topological polar surface area (TPSA) is 93.4 Å². The van der Waals surface area contributed by atoms with Gasteiger partial charge in [0.2, 0.25) is 0 Å². The Bertz CT molecular complexity index is 1550. The number of fused-ring (bicyclic) bond motifs is 1. The lowest BCUT2D eigenvalue weighted by molar-refractivity contribution is -0.114. The summed E-state index contributed by atoms with van der Waals surface area (Å²) in [6.45, 7) is 5.94. The minimum atomic E-state index is -0.446. The Morgan fingerprint density at radius 2 is 1.55 bits per heavy atom. The molecule has 0 bridgehead atoms. The van der Waals surface area contributed by atoms with E-state index in [1.54, 1.807) is 23.1 Å². The Balaban J connectivity index is 1.19. The lowest BCUT2D eigenvalue weighted by atomic mass is 10.1. The van der Waals surface area contributed by atoms with Crippen molar-refractivity contribution in [1.82, 2.24) is 4.90 Å². The van der Waals surface area contributed by atoms with Crippen LogP contribution >= 0.6 is 11.8 Å². The van der Waals surface area contributed by atoms with E-state index in [4.69, 9.17) is 24.4 Å². The number of hydrogen-bond acceptors (Lipinski definition) is 7. The minimum absolute atomic E-state index is 0.0853. The summed E-state index contributed by atoms with van der Waals surface area (Å²) in [4.78, 5) is 18.9. The first-order chi connectivity index (χ1) is 21.6. The summed E-state index contributed by atoms with van der Waals surface area (Å²) in [7, 11) is 0. The zero-order valence-corrected chi connectivity index (χ0v) is 25.9. The van der Waals surface area contributed by atoms with Crippen molar-refractivity contribution in [2.45, 2.75) is 39.5 Å². The third-order valence-corrected chi connectivity index (χ3v) is 7.79. The molecule has 1 N–H and O–H groups in total. The zero-order valence-electron chi connectivity index (χ0n) is 25.1. The number of rotatable bonds is 15. The van der Waals surface area contributed by atoms with Gasteiger partial charge in [0, 0.05) is 5.41 Å². The second-order valence-electron chi connectivity index (χ2n) is 10.1. The first-order valence-corrected chi connectivity index (χ1v) is 15.9. The molecule has 3 aromatic carbocycles. The van der Waals surface area contributed by atoms with Gasteiger partial charge in [0.05, 0.1) is 24.5 Å². The molecule has 2 aliphatic heterocycles. The number of carbonyl (C=O) groups excluding carboxylic acids is 1. The maximum Gasteiger partial charge on any atom is 0.283 e. The van der Waals surface area contributed by atoms with Gasteiger partial charge in [-0.25, -0.2) is 0 Å². The maximum absolute atomic E-state index is 12.9. The van der Waals surface area contributed by atoms with Gasteiger partial charge in [0.1, 0.15) is 30.5 Å². The number of nitrogens with one attached hydrogen (secondary N) is 1. The smallest absolute Gasteiger partial charge is 0.283 e. The fraction of sp³-hybridized carbons (Fsp3) is 0.286. The van der Waals surface area contributed by atoms with Gasteiger partial charge in [-0.3, -0.25) is 15.1 Å². The number of amides is 1. The number of thioether (sulfide) groups is 1. The van der Waals surface area contributed by atoms with Crippen molar-refractivity contribution in [1.29, 1.82) is 5.41 Å². The average Bonchev–Trinajstić information content (AvgIpc) is 3.47. The van der Waals surface area contributed by atoms with E-state index in [0.717, 1.165) is 35.8 Å². The van der Waals surface area contributed by atoms with Gasteiger partial charge in [-0.15, -0.1) is 0 Å². The van der Waals surface area contributed by atoms with Crippen molar-refractivity contribution in [3.63, 3.8) is 0 Å². The second kappa shape index (κ2) is 15.3. The van der Waals surface area contributed by atoms with Crippen LogP contribution in [0, 0.1) is 5.41 Å². The standard InChI is InChI=1S/C35H37N3O5S/c1-3-5-6-10-19-41-27-14-16-28(17-15-27)42-20-21-43-31-18-13-25(23-32(31)40-4-2)22-29-33(36)38-30(26-11-8-7-9-12-26)24-44-35(38)37-34(29)39/h7-9,11-18,22-24,36H,3-6,10,19-21H2,1-2H3/b29-22-,36-33?. The molecular weight excluding hydrogens is 574 g/mol. The molecule has 5 rings (SSSR count). The third-order valence-electron chi connectivity index (χ3n) is 6.96. The fourth-order valence-corrected chi connectivity index (χ4v) is 5.63. The van der Waals surface area contributed by atoms with E-state index in [1.807, 2.05) is 73.0 Å². The summed E-state index contributed by atoms with van der Waals surface area (Å²) in [6.07, 6.45) is 6.37. The molecule has 9 heteroatoms. The zero-order chi connectivity index (χ0) is 30.7. The number of amidine groups is 2. The van der Waals surface area contributed by atoms with Crippen molar-refractivity contribution in [2.75, 3.05) is 26.4 Å². The van der Waals surface area contributed by atoms with Crippen LogP contribution < -0.4 is 18.9 Å². The van der Waals surface area contributed by atoms with Crippen molar-refractivity contribution in [3.8, 4) is 23.0 Å². The molecule has 0 spiro atoms. The summed E-state index contributed by atoms with van der Waals surface area (Å²) in [5.74, 6) is 2.33. The highest BCUT2D eigenvalue weighted by molar-refractivity contribution is 8.17. The molecule has 0 saturated heterocycles. The lowest BCUT2D eigenvalue weighted by Crippen LogP contribution is -2.38. The summed E-state index contributed by atoms with van der Waals surface area (Å²) in [5, 5.41) is 11.3. The van der Waals surface area contributed by atoms with Gasteiger partial charge in [-0.05, 0) is 66.9 Å². The summed E-state index contributed by atoms with van der Waals surface area (Å²) >= 11 is 1.34. The van der Waals surface area contributed by atoms with Crippen LogP contribution in [-0.2, 0) is 4.79 Å². The number of unbranched alkanes of at least 4 members (excludes halogenated alkanes) is 3. The molecule has 0 radical (unpaired) electrons. The average molecular weight is 612 g/mol. The van der Waals surface area contributed by atoms with Crippen LogP contribution in [0.15, 0.2) is 88.8 Å². The van der Waals surface area contributed by atoms with Gasteiger partial charge in [0.25, 0.3) is 5.91 Å². The molecule has 0 aliphatic carbocycles. The molecule has 228 valence electrons. The highest BCUT2D eigenvalue weighted by Crippen LogP contribution is 2.38. The van der Waals surface area contributed by atoms with E-state index in [0.29, 0.717) is 42.1 Å². The highest BCUT2D eigenvalue weighted by Gasteiger charge is 2.36. The van der Waals surface area contributed by atoms with Crippen molar-refractivity contribution in [3.05, 3.63) is 94.9 Å². The van der Waals surface area contributed by atoms with E-state index in [-0.39, 0.29) is 11.4 Å². The van der Waals surface area contributed by atoms with Gasteiger partial charge in [0.15, 0.2) is 16.7 Å². The molecule has 0 aromatic heterocycles. The number of benzene rings is 3. The van der Waals surface area contributed by atoms with Gasteiger partial charge in [-0.1, -0.05) is 74.3 Å². The van der Waals surface area contributed by atoms with Crippen LogP contribution in [0.5, 0.6) is 23.0 Å². The molecule has 0 atom stereocenters. The minimum Gasteiger partial charge on any atom is -0.494 e. The van der Waals surface area contributed by atoms with Crippen LogP contribution in [0.2, 0.25) is 0 Å². The Morgan fingerprint density at radius 3 is 2.27 bits per heavy atom. The molecule has 1 amide bonds. The monoisotopic (exact) mass is 611 g/mol. The summed E-state index contributed by atoms with van der Waals surface area (Å²) in [5.41, 5.74) is 2.68. The number of nitrogens with zero attached hydrogens (tertiary/aromatic N) is 2. The number of hydrogen-bond donors (Lipinski definition) is 1. The van der Waals surface area contributed by atoms with E-state index < -0.39 is 5.91 Å². The fourth-order valence-electron chi connectivity index (χ4n) is 4.75. The van der Waals surface area contributed by atoms with E-state index >= 15 is 0 Å². The Morgan fingerprint density at radius 1 is 0.818 bits per heavy atom. The van der Waals surface area contributed by atoms with Crippen molar-refractivity contribution in [2.24, 2.45) is 4.99 Å².